The summed E-state index contributed by atoms with van der Waals surface area (Å²) in [4.78, 5) is 32.6. The predicted molar refractivity (Wildman–Crippen MR) is 105 cm³/mol. The average molecular weight is 369 g/mol. The molecule has 0 aliphatic rings. The molecular weight excluding hydrogens is 346 g/mol. The van der Waals surface area contributed by atoms with Crippen molar-refractivity contribution in [1.29, 1.82) is 0 Å². The topological polar surface area (TPSA) is 54.7 Å². The van der Waals surface area contributed by atoms with E-state index < -0.39 is 0 Å². The van der Waals surface area contributed by atoms with Crippen LogP contribution in [0.15, 0.2) is 52.9 Å². The Morgan fingerprint density at radius 1 is 1.23 bits per heavy atom. The van der Waals surface area contributed by atoms with Crippen molar-refractivity contribution in [1.82, 2.24) is 14.3 Å². The van der Waals surface area contributed by atoms with Gasteiger partial charge in [-0.05, 0) is 24.8 Å². The van der Waals surface area contributed by atoms with Gasteiger partial charge in [0, 0.05) is 30.4 Å². The lowest BCUT2D eigenvalue weighted by Gasteiger charge is -2.30. The Morgan fingerprint density at radius 3 is 2.65 bits per heavy atom. The monoisotopic (exact) mass is 369 g/mol. The van der Waals surface area contributed by atoms with Gasteiger partial charge in [-0.3, -0.25) is 14.0 Å². The molecule has 2 aromatic heterocycles. The van der Waals surface area contributed by atoms with Crippen LogP contribution >= 0.6 is 11.3 Å². The first-order chi connectivity index (χ1) is 12.7. The summed E-state index contributed by atoms with van der Waals surface area (Å²) in [5.41, 5.74) is 1.03. The first-order valence-electron chi connectivity index (χ1n) is 8.95. The van der Waals surface area contributed by atoms with Crippen molar-refractivity contribution in [2.24, 2.45) is 0 Å². The van der Waals surface area contributed by atoms with Crippen molar-refractivity contribution in [3.8, 4) is 0 Å². The number of hydrogen-bond acceptors (Lipinski definition) is 4. The summed E-state index contributed by atoms with van der Waals surface area (Å²) in [7, 11) is 0. The second kappa shape index (κ2) is 8.27. The van der Waals surface area contributed by atoms with Gasteiger partial charge in [-0.2, -0.15) is 0 Å². The fourth-order valence-corrected chi connectivity index (χ4v) is 3.87. The van der Waals surface area contributed by atoms with Gasteiger partial charge < -0.3 is 4.90 Å². The van der Waals surface area contributed by atoms with Crippen molar-refractivity contribution in [3.05, 3.63) is 69.6 Å². The van der Waals surface area contributed by atoms with Gasteiger partial charge in [0.15, 0.2) is 4.96 Å². The van der Waals surface area contributed by atoms with Crippen LogP contribution < -0.4 is 5.56 Å². The lowest BCUT2D eigenvalue weighted by Crippen LogP contribution is -2.43. The molecule has 0 N–H and O–H groups in total. The highest BCUT2D eigenvalue weighted by Gasteiger charge is 2.25. The van der Waals surface area contributed by atoms with Gasteiger partial charge in [-0.25, -0.2) is 4.98 Å². The van der Waals surface area contributed by atoms with Crippen LogP contribution in [0.2, 0.25) is 0 Å². The molecule has 0 atom stereocenters. The molecule has 0 fully saturated rings. The van der Waals surface area contributed by atoms with Crippen LogP contribution in [0.5, 0.6) is 0 Å². The molecule has 0 radical (unpaired) electrons. The Kier molecular flexibility index (Phi) is 5.83. The molecule has 5 nitrogen and oxygen atoms in total. The van der Waals surface area contributed by atoms with Crippen LogP contribution in [0.25, 0.3) is 4.96 Å². The number of benzene rings is 1. The van der Waals surface area contributed by atoms with Crippen LogP contribution in [-0.2, 0) is 6.42 Å². The molecule has 3 rings (SSSR count). The first kappa shape index (κ1) is 18.3. The van der Waals surface area contributed by atoms with Crippen molar-refractivity contribution in [2.75, 3.05) is 6.54 Å². The minimum absolute atomic E-state index is 0.105. The molecule has 6 heteroatoms. The quantitative estimate of drug-likeness (QED) is 0.639. The average Bonchev–Trinajstić information content (AvgIpc) is 3.15. The number of carbonyl (C=O) groups excluding carboxylic acids is 1. The molecule has 1 aromatic carbocycles. The van der Waals surface area contributed by atoms with E-state index in [9.17, 15) is 9.59 Å². The van der Waals surface area contributed by atoms with Crippen LogP contribution in [0.4, 0.5) is 0 Å². The largest absolute Gasteiger partial charge is 0.335 e. The molecule has 1 amide bonds. The summed E-state index contributed by atoms with van der Waals surface area (Å²) < 4.78 is 1.44. The second-order valence-corrected chi connectivity index (χ2v) is 7.11. The van der Waals surface area contributed by atoms with Gasteiger partial charge in [0.05, 0.1) is 0 Å². The van der Waals surface area contributed by atoms with E-state index in [1.807, 2.05) is 23.1 Å². The lowest BCUT2D eigenvalue weighted by atomic mass is 10.1. The number of amides is 1. The van der Waals surface area contributed by atoms with E-state index in [1.54, 1.807) is 11.6 Å². The lowest BCUT2D eigenvalue weighted by molar-refractivity contribution is 0.0667. The number of fused-ring (bicyclic) bond motifs is 1. The smallest absolute Gasteiger partial charge is 0.271 e. The van der Waals surface area contributed by atoms with Gasteiger partial charge in [-0.15, -0.1) is 11.3 Å². The van der Waals surface area contributed by atoms with Gasteiger partial charge in [-0.1, -0.05) is 44.2 Å². The highest BCUT2D eigenvalue weighted by Crippen LogP contribution is 2.15. The van der Waals surface area contributed by atoms with Crippen molar-refractivity contribution >= 4 is 22.2 Å². The summed E-state index contributed by atoms with van der Waals surface area (Å²) in [5, 5.41) is 1.80. The maximum Gasteiger partial charge on any atom is 0.271 e. The van der Waals surface area contributed by atoms with Crippen molar-refractivity contribution in [3.63, 3.8) is 0 Å². The Labute approximate surface area is 156 Å². The summed E-state index contributed by atoms with van der Waals surface area (Å²) in [5.74, 6) is -0.229. The molecular formula is C20H23N3O2S. The number of nitrogens with zero attached hydrogens (tertiary/aromatic N) is 3. The minimum atomic E-state index is -0.295. The standard InChI is InChI=1S/C20H23N3O2S/c1-3-16(4-2)22(11-10-15-8-6-5-7-9-15)18(24)17-14-21-20-23(19(17)25)12-13-26-20/h5-9,12-14,16H,3-4,10-11H2,1-2H3. The summed E-state index contributed by atoms with van der Waals surface area (Å²) in [6.07, 6.45) is 5.56. The SMILES string of the molecule is CCC(CC)N(CCc1ccccc1)C(=O)c1cnc2sccn2c1=O. The number of aromatic nitrogens is 2. The third-order valence-electron chi connectivity index (χ3n) is 4.70. The van der Waals surface area contributed by atoms with Crippen LogP contribution in [0.3, 0.4) is 0 Å². The normalized spacial score (nSPS) is 11.2. The van der Waals surface area contributed by atoms with E-state index in [-0.39, 0.29) is 23.1 Å². The van der Waals surface area contributed by atoms with E-state index >= 15 is 0 Å². The van der Waals surface area contributed by atoms with E-state index in [0.717, 1.165) is 19.3 Å². The highest BCUT2D eigenvalue weighted by atomic mass is 32.1. The molecule has 0 spiro atoms. The molecule has 0 bridgehead atoms. The zero-order valence-electron chi connectivity index (χ0n) is 15.1. The summed E-state index contributed by atoms with van der Waals surface area (Å²) in [6.45, 7) is 4.73. The molecule has 0 unspecified atom stereocenters. The molecule has 0 aliphatic heterocycles. The van der Waals surface area contributed by atoms with Gasteiger partial charge in [0.1, 0.15) is 5.56 Å². The number of hydrogen-bond donors (Lipinski definition) is 0. The molecule has 136 valence electrons. The van der Waals surface area contributed by atoms with E-state index in [4.69, 9.17) is 0 Å². The molecule has 0 saturated carbocycles. The van der Waals surface area contributed by atoms with Crippen molar-refractivity contribution in [2.45, 2.75) is 39.2 Å². The third kappa shape index (κ3) is 3.70. The molecule has 3 aromatic rings. The Bertz CT molecular complexity index is 929. The fraction of sp³-hybridized carbons (Fsp3) is 0.350. The Morgan fingerprint density at radius 2 is 1.96 bits per heavy atom. The highest BCUT2D eigenvalue weighted by molar-refractivity contribution is 7.15. The number of rotatable bonds is 7. The zero-order chi connectivity index (χ0) is 18.5. The molecule has 26 heavy (non-hydrogen) atoms. The Balaban J connectivity index is 1.90. The predicted octanol–water partition coefficient (Wildman–Crippen LogP) is 3.63. The second-order valence-electron chi connectivity index (χ2n) is 6.24. The number of carbonyl (C=O) groups is 1. The van der Waals surface area contributed by atoms with E-state index in [2.05, 4.69) is 31.0 Å². The maximum atomic E-state index is 13.2. The van der Waals surface area contributed by atoms with Gasteiger partial charge in [0.2, 0.25) is 0 Å². The fourth-order valence-electron chi connectivity index (χ4n) is 3.20. The molecule has 0 aliphatic carbocycles. The maximum absolute atomic E-state index is 13.2. The minimum Gasteiger partial charge on any atom is -0.335 e. The van der Waals surface area contributed by atoms with Gasteiger partial charge in [0.25, 0.3) is 11.5 Å². The van der Waals surface area contributed by atoms with Crippen LogP contribution in [0.1, 0.15) is 42.6 Å². The van der Waals surface area contributed by atoms with Crippen LogP contribution in [0, 0.1) is 0 Å². The summed E-state index contributed by atoms with van der Waals surface area (Å²) in [6, 6.07) is 10.2. The Hall–Kier alpha value is -2.47. The van der Waals surface area contributed by atoms with E-state index in [1.165, 1.54) is 27.5 Å². The molecule has 2 heterocycles. The van der Waals surface area contributed by atoms with Crippen LogP contribution in [-0.4, -0.2) is 32.8 Å². The first-order valence-corrected chi connectivity index (χ1v) is 9.83. The molecule has 0 saturated heterocycles. The zero-order valence-corrected chi connectivity index (χ0v) is 15.9. The summed E-state index contributed by atoms with van der Waals surface area (Å²) >= 11 is 1.38. The van der Waals surface area contributed by atoms with Crippen molar-refractivity contribution < 1.29 is 4.79 Å². The van der Waals surface area contributed by atoms with Gasteiger partial charge >= 0.3 is 0 Å². The third-order valence-corrected chi connectivity index (χ3v) is 5.47. The van der Waals surface area contributed by atoms with E-state index in [0.29, 0.717) is 11.5 Å². The number of thiazole rings is 1.